The maximum atomic E-state index is 13.9. The maximum Gasteiger partial charge on any atom is 0.308 e. The molecule has 0 aromatic carbocycles. The first-order chi connectivity index (χ1) is 26.4. The molecule has 4 aliphatic rings. The fraction of sp³-hybridized carbons (Fsp3) is 0.867. The van der Waals surface area contributed by atoms with Crippen LogP contribution < -0.4 is 0 Å². The lowest BCUT2D eigenvalue weighted by Gasteiger charge is -2.47. The average Bonchev–Trinajstić information content (AvgIpc) is 3.10. The topological polar surface area (TPSA) is 132 Å². The van der Waals surface area contributed by atoms with Gasteiger partial charge in [-0.3, -0.25) is 9.59 Å². The van der Waals surface area contributed by atoms with Crippen LogP contribution in [0.2, 0.25) is 0 Å². The van der Waals surface area contributed by atoms with Gasteiger partial charge >= 0.3 is 5.97 Å². The van der Waals surface area contributed by atoms with Gasteiger partial charge < -0.3 is 44.2 Å². The number of hydrogen-bond acceptors (Lipinski definition) is 11. The van der Waals surface area contributed by atoms with Crippen molar-refractivity contribution in [2.75, 3.05) is 53.4 Å². The standard InChI is InChI=1S/C45H79N3O8/c1-12-39-36(26-48-24-30(5)18-31(6)25-48)19-27(2)13-14-37(49)32(7)20-35(15-16-47-22-28(3)17-29(4)23-47)44(33(8)38(50)21-40(51)55-39)56-45-43(53)41(46(10)11)42(52)34(9)54-45/h13-14,19,28-36,38-39,41-45,50,52-53H,12,15-18,20-26H2,1-11H3/b14-13+,27-19+/t28?,29?,30?,31?,32-,33+,34+,35+,36-,38-,39-,41?,42?,43-,44-,45-/m1/s1. The Morgan fingerprint density at radius 2 is 1.43 bits per heavy atom. The summed E-state index contributed by atoms with van der Waals surface area (Å²) in [7, 11) is 3.61. The molecule has 322 valence electrons. The number of allylic oxidation sites excluding steroid dienone is 3. The largest absolute Gasteiger partial charge is 0.462 e. The molecule has 0 bridgehead atoms. The number of esters is 1. The molecule has 11 nitrogen and oxygen atoms in total. The second-order valence-corrected chi connectivity index (χ2v) is 19.2. The molecular formula is C45H79N3O8. The Bertz CT molecular complexity index is 1290. The molecule has 11 heteroatoms. The van der Waals surface area contributed by atoms with E-state index < -0.39 is 60.8 Å². The van der Waals surface area contributed by atoms with Gasteiger partial charge in [-0.15, -0.1) is 0 Å². The molecular weight excluding hydrogens is 711 g/mol. The highest BCUT2D eigenvalue weighted by molar-refractivity contribution is 5.91. The van der Waals surface area contributed by atoms with Gasteiger partial charge in [-0.2, -0.15) is 0 Å². The zero-order valence-corrected chi connectivity index (χ0v) is 36.7. The summed E-state index contributed by atoms with van der Waals surface area (Å²) >= 11 is 0. The highest BCUT2D eigenvalue weighted by Crippen LogP contribution is 2.35. The molecule has 56 heavy (non-hydrogen) atoms. The lowest BCUT2D eigenvalue weighted by Crippen LogP contribution is -2.63. The lowest BCUT2D eigenvalue weighted by molar-refractivity contribution is -0.304. The Morgan fingerprint density at radius 3 is 2.00 bits per heavy atom. The predicted octanol–water partition coefficient (Wildman–Crippen LogP) is 5.17. The highest BCUT2D eigenvalue weighted by atomic mass is 16.7. The molecule has 0 aliphatic carbocycles. The number of ketones is 1. The number of hydrogen-bond donors (Lipinski definition) is 3. The van der Waals surface area contributed by atoms with Crippen LogP contribution in [0.5, 0.6) is 0 Å². The molecule has 4 heterocycles. The van der Waals surface area contributed by atoms with E-state index in [2.05, 4.69) is 43.6 Å². The van der Waals surface area contributed by atoms with Gasteiger partial charge in [0.1, 0.15) is 12.2 Å². The Hall–Kier alpha value is -1.70. The Balaban J connectivity index is 1.70. The summed E-state index contributed by atoms with van der Waals surface area (Å²) in [5, 5.41) is 34.5. The van der Waals surface area contributed by atoms with Crippen LogP contribution in [-0.2, 0) is 23.8 Å². The van der Waals surface area contributed by atoms with Crippen molar-refractivity contribution >= 4 is 11.8 Å². The molecule has 16 atom stereocenters. The summed E-state index contributed by atoms with van der Waals surface area (Å²) in [5.41, 5.74) is 0.949. The number of cyclic esters (lactones) is 1. The second kappa shape index (κ2) is 21.5. The van der Waals surface area contributed by atoms with Crippen molar-refractivity contribution in [3.05, 3.63) is 23.8 Å². The molecule has 0 amide bonds. The van der Waals surface area contributed by atoms with Crippen molar-refractivity contribution in [2.24, 2.45) is 47.3 Å². The van der Waals surface area contributed by atoms with E-state index in [1.54, 1.807) is 32.0 Å². The van der Waals surface area contributed by atoms with E-state index >= 15 is 0 Å². The second-order valence-electron chi connectivity index (χ2n) is 19.2. The van der Waals surface area contributed by atoms with Crippen LogP contribution in [0, 0.1) is 47.3 Å². The summed E-state index contributed by atoms with van der Waals surface area (Å²) in [4.78, 5) is 34.5. The number of likely N-dealkylation sites (tertiary alicyclic amines) is 2. The number of aliphatic hydroxyl groups excluding tert-OH is 3. The summed E-state index contributed by atoms with van der Waals surface area (Å²) < 4.78 is 19.3. The van der Waals surface area contributed by atoms with Crippen LogP contribution in [0.15, 0.2) is 23.8 Å². The van der Waals surface area contributed by atoms with E-state index in [-0.39, 0.29) is 30.0 Å². The molecule has 4 rings (SSSR count). The first-order valence-corrected chi connectivity index (χ1v) is 21.9. The molecule has 0 saturated carbocycles. The molecule has 0 aromatic rings. The third-order valence-corrected chi connectivity index (χ3v) is 13.1. The highest BCUT2D eigenvalue weighted by Gasteiger charge is 2.47. The molecule has 3 N–H and O–H groups in total. The minimum absolute atomic E-state index is 0.0223. The monoisotopic (exact) mass is 790 g/mol. The third kappa shape index (κ3) is 13.2. The van der Waals surface area contributed by atoms with Gasteiger partial charge in [-0.25, -0.2) is 0 Å². The number of aliphatic hydroxyl groups is 3. The van der Waals surface area contributed by atoms with Crippen LogP contribution >= 0.6 is 0 Å². The number of carbonyl (C=O) groups is 2. The van der Waals surface area contributed by atoms with Gasteiger partial charge in [0.25, 0.3) is 0 Å². The van der Waals surface area contributed by atoms with Gasteiger partial charge in [0.05, 0.1) is 36.9 Å². The molecule has 0 spiro atoms. The Labute approximate surface area is 339 Å². The molecule has 3 fully saturated rings. The Kier molecular flexibility index (Phi) is 18.1. The van der Waals surface area contributed by atoms with E-state index in [9.17, 15) is 24.9 Å². The smallest absolute Gasteiger partial charge is 0.308 e. The van der Waals surface area contributed by atoms with Crippen LogP contribution in [0.1, 0.15) is 101 Å². The van der Waals surface area contributed by atoms with Gasteiger partial charge in [0, 0.05) is 50.5 Å². The number of likely N-dealkylation sites (N-methyl/N-ethyl adjacent to an activating group) is 1. The molecule has 3 saturated heterocycles. The number of piperidine rings is 2. The summed E-state index contributed by atoms with van der Waals surface area (Å²) in [5.74, 6) is 0.655. The zero-order chi connectivity index (χ0) is 41.4. The van der Waals surface area contributed by atoms with Crippen molar-refractivity contribution in [3.63, 3.8) is 0 Å². The van der Waals surface area contributed by atoms with E-state index in [1.165, 1.54) is 12.8 Å². The number of nitrogens with zero attached hydrogens (tertiary/aromatic N) is 3. The zero-order valence-electron chi connectivity index (χ0n) is 36.7. The van der Waals surface area contributed by atoms with Crippen molar-refractivity contribution in [2.45, 2.75) is 150 Å². The van der Waals surface area contributed by atoms with Gasteiger partial charge in [-0.05, 0) is 102 Å². The van der Waals surface area contributed by atoms with Crippen LogP contribution in [-0.4, -0.2) is 144 Å². The maximum absolute atomic E-state index is 13.9. The van der Waals surface area contributed by atoms with E-state index in [0.717, 1.165) is 44.8 Å². The molecule has 4 aliphatic heterocycles. The van der Waals surface area contributed by atoms with Crippen LogP contribution in [0.4, 0.5) is 0 Å². The van der Waals surface area contributed by atoms with Gasteiger partial charge in [0.15, 0.2) is 12.1 Å². The van der Waals surface area contributed by atoms with Crippen LogP contribution in [0.25, 0.3) is 0 Å². The van der Waals surface area contributed by atoms with Crippen LogP contribution in [0.3, 0.4) is 0 Å². The molecule has 6 unspecified atom stereocenters. The normalized spacial score (nSPS) is 43.6. The first kappa shape index (κ1) is 47.0. The number of carbonyl (C=O) groups excluding carboxylic acids is 2. The number of rotatable bonds is 9. The lowest BCUT2D eigenvalue weighted by atomic mass is 9.79. The van der Waals surface area contributed by atoms with E-state index in [1.807, 2.05) is 33.8 Å². The summed E-state index contributed by atoms with van der Waals surface area (Å²) in [6.07, 6.45) is 3.68. The van der Waals surface area contributed by atoms with Crippen molar-refractivity contribution in [3.8, 4) is 0 Å². The Morgan fingerprint density at radius 1 is 0.839 bits per heavy atom. The molecule has 0 aromatic heterocycles. The summed E-state index contributed by atoms with van der Waals surface area (Å²) in [6, 6.07) is -0.642. The van der Waals surface area contributed by atoms with Crippen molar-refractivity contribution < 1.29 is 39.1 Å². The first-order valence-electron chi connectivity index (χ1n) is 21.9. The van der Waals surface area contributed by atoms with Crippen molar-refractivity contribution in [1.82, 2.24) is 14.7 Å². The van der Waals surface area contributed by atoms with Gasteiger partial charge in [0.2, 0.25) is 0 Å². The fourth-order valence-electron chi connectivity index (χ4n) is 10.4. The van der Waals surface area contributed by atoms with Crippen molar-refractivity contribution in [1.29, 1.82) is 0 Å². The SMILES string of the molecule is CC[C@H]1OC(=O)C[C@@H](O)[C@H](C)[C@@H](O[C@H]2O[C@@H](C)C(O)C(N(C)C)[C@H]2O)[C@@H](CCN2CC(C)CC(C)C2)C[C@@H](C)C(=O)/C=C/C(C)=C/[C@@H]1CN1CC(C)CC(C)C1. The molecule has 0 radical (unpaired) electrons. The fourth-order valence-corrected chi connectivity index (χ4v) is 10.4. The minimum atomic E-state index is -1.18. The third-order valence-electron chi connectivity index (χ3n) is 13.1. The quantitative estimate of drug-likeness (QED) is 0.268. The average molecular weight is 790 g/mol. The number of ether oxygens (including phenoxy) is 3. The van der Waals surface area contributed by atoms with E-state index in [4.69, 9.17) is 14.2 Å². The van der Waals surface area contributed by atoms with Gasteiger partial charge in [-0.1, -0.05) is 66.2 Å². The van der Waals surface area contributed by atoms with E-state index in [0.29, 0.717) is 42.9 Å². The minimum Gasteiger partial charge on any atom is -0.462 e. The predicted molar refractivity (Wildman–Crippen MR) is 221 cm³/mol. The summed E-state index contributed by atoms with van der Waals surface area (Å²) in [6.45, 7) is 24.3.